The fourth-order valence-corrected chi connectivity index (χ4v) is 4.49. The Morgan fingerprint density at radius 1 is 1.23 bits per heavy atom. The van der Waals surface area contributed by atoms with Crippen LogP contribution in [0, 0.1) is 0 Å². The molecular formula is C26H24FN7O. The predicted octanol–water partition coefficient (Wildman–Crippen LogP) is 4.14. The quantitative estimate of drug-likeness (QED) is 0.390. The van der Waals surface area contributed by atoms with Gasteiger partial charge < -0.3 is 15.2 Å². The van der Waals surface area contributed by atoms with Crippen LogP contribution in [0.5, 0.6) is 0 Å². The first-order valence-corrected chi connectivity index (χ1v) is 11.6. The van der Waals surface area contributed by atoms with E-state index in [2.05, 4.69) is 37.4 Å². The molecule has 6 rings (SSSR count). The highest BCUT2D eigenvalue weighted by Gasteiger charge is 2.33. The fourth-order valence-electron chi connectivity index (χ4n) is 4.49. The number of fused-ring (bicyclic) bond motifs is 2. The van der Waals surface area contributed by atoms with Crippen LogP contribution in [0.3, 0.4) is 0 Å². The van der Waals surface area contributed by atoms with Crippen LogP contribution in [0.2, 0.25) is 0 Å². The zero-order valence-corrected chi connectivity index (χ0v) is 19.1. The van der Waals surface area contributed by atoms with Crippen LogP contribution in [0.4, 0.5) is 10.2 Å². The van der Waals surface area contributed by atoms with Gasteiger partial charge in [-0.1, -0.05) is 30.3 Å². The monoisotopic (exact) mass is 469 g/mol. The molecule has 1 aromatic carbocycles. The number of benzene rings is 1. The largest absolute Gasteiger partial charge is 0.355 e. The molecule has 176 valence electrons. The van der Waals surface area contributed by atoms with Crippen LogP contribution in [-0.4, -0.2) is 49.7 Å². The van der Waals surface area contributed by atoms with E-state index < -0.39 is 12.2 Å². The third-order valence-electron chi connectivity index (χ3n) is 6.58. The van der Waals surface area contributed by atoms with Crippen LogP contribution in [-0.2, 0) is 6.54 Å². The molecule has 1 saturated carbocycles. The first kappa shape index (κ1) is 21.3. The Balaban J connectivity index is 1.47. The minimum atomic E-state index is -1.00. The van der Waals surface area contributed by atoms with Gasteiger partial charge in [0.15, 0.2) is 5.65 Å². The van der Waals surface area contributed by atoms with Crippen molar-refractivity contribution in [3.05, 3.63) is 78.2 Å². The Morgan fingerprint density at radius 2 is 2.09 bits per heavy atom. The second-order valence-corrected chi connectivity index (χ2v) is 8.91. The van der Waals surface area contributed by atoms with E-state index in [4.69, 9.17) is 4.98 Å². The number of aromatic nitrogens is 5. The molecule has 2 N–H and O–H groups in total. The average molecular weight is 470 g/mol. The molecule has 9 heteroatoms. The van der Waals surface area contributed by atoms with E-state index in [-0.39, 0.29) is 5.91 Å². The van der Waals surface area contributed by atoms with Crippen molar-refractivity contribution in [2.24, 2.45) is 0 Å². The maximum Gasteiger partial charge on any atom is 0.257 e. The maximum absolute atomic E-state index is 13.8. The third-order valence-corrected chi connectivity index (χ3v) is 6.58. The number of halogens is 1. The molecule has 8 nitrogen and oxygen atoms in total. The van der Waals surface area contributed by atoms with Gasteiger partial charge in [-0.3, -0.25) is 4.79 Å². The van der Waals surface area contributed by atoms with Gasteiger partial charge in [0.25, 0.3) is 5.91 Å². The molecule has 0 saturated heterocycles. The number of hydrogen-bond acceptors (Lipinski definition) is 5. The second kappa shape index (κ2) is 8.50. The Kier molecular flexibility index (Phi) is 5.17. The van der Waals surface area contributed by atoms with E-state index in [0.717, 1.165) is 28.0 Å². The molecule has 1 aliphatic carbocycles. The number of carbonyl (C=O) groups is 1. The second-order valence-electron chi connectivity index (χ2n) is 8.91. The van der Waals surface area contributed by atoms with Crippen molar-refractivity contribution in [3.63, 3.8) is 0 Å². The molecule has 2 atom stereocenters. The molecule has 0 bridgehead atoms. The number of H-pyrrole nitrogens is 1. The topological polar surface area (TPSA) is 91.2 Å². The zero-order chi connectivity index (χ0) is 23.9. The normalized spacial score (nSPS) is 17.4. The van der Waals surface area contributed by atoms with Crippen LogP contribution in [0.25, 0.3) is 27.9 Å². The van der Waals surface area contributed by atoms with E-state index >= 15 is 0 Å². The van der Waals surface area contributed by atoms with Gasteiger partial charge in [-0.2, -0.15) is 9.61 Å². The molecule has 1 fully saturated rings. The van der Waals surface area contributed by atoms with E-state index in [1.54, 1.807) is 10.7 Å². The molecule has 5 aromatic rings. The van der Waals surface area contributed by atoms with Gasteiger partial charge >= 0.3 is 0 Å². The molecule has 1 aliphatic rings. The average Bonchev–Trinajstić information content (AvgIpc) is 3.50. The number of hydrogen-bond donors (Lipinski definition) is 2. The zero-order valence-electron chi connectivity index (χ0n) is 19.1. The summed E-state index contributed by atoms with van der Waals surface area (Å²) in [6.07, 6.45) is 5.22. The van der Waals surface area contributed by atoms with Gasteiger partial charge in [0.1, 0.15) is 23.2 Å². The fraction of sp³-hybridized carbons (Fsp3) is 0.231. The summed E-state index contributed by atoms with van der Waals surface area (Å²) in [5.41, 5.74) is 4.20. The smallest absolute Gasteiger partial charge is 0.257 e. The Labute approximate surface area is 200 Å². The number of aromatic amines is 1. The molecule has 4 aromatic heterocycles. The standard InChI is InChI=1S/C26H24FN7O/c1-33(15-16-6-3-2-4-7-16)23-12-22(18-13-29-24-17(18)8-5-11-28-24)31-25-19(14-30-34(23)25)26(35)32-21-10-9-20(21)27/h2-8,11-14,20-21H,9-10,15H2,1H3,(H,28,29)(H,32,35)/t20-,21-/m0/s1. The number of nitrogens with one attached hydrogen (secondary N) is 2. The minimum absolute atomic E-state index is 0.318. The van der Waals surface area contributed by atoms with Crippen molar-refractivity contribution in [2.45, 2.75) is 31.6 Å². The highest BCUT2D eigenvalue weighted by atomic mass is 19.1. The van der Waals surface area contributed by atoms with Crippen molar-refractivity contribution in [2.75, 3.05) is 11.9 Å². The summed E-state index contributed by atoms with van der Waals surface area (Å²) in [4.78, 5) is 27.5. The Morgan fingerprint density at radius 3 is 2.86 bits per heavy atom. The van der Waals surface area contributed by atoms with Crippen molar-refractivity contribution >= 4 is 28.4 Å². The van der Waals surface area contributed by atoms with E-state index in [9.17, 15) is 9.18 Å². The number of alkyl halides is 1. The molecule has 0 spiro atoms. The van der Waals surface area contributed by atoms with E-state index in [1.165, 1.54) is 6.20 Å². The lowest BCUT2D eigenvalue weighted by Gasteiger charge is -2.30. The summed E-state index contributed by atoms with van der Waals surface area (Å²) in [5.74, 6) is 0.410. The lowest BCUT2D eigenvalue weighted by atomic mass is 9.90. The van der Waals surface area contributed by atoms with Crippen LogP contribution >= 0.6 is 0 Å². The summed E-state index contributed by atoms with van der Waals surface area (Å²) in [6.45, 7) is 0.641. The molecule has 4 heterocycles. The van der Waals surface area contributed by atoms with Crippen LogP contribution in [0.1, 0.15) is 28.8 Å². The maximum atomic E-state index is 13.8. The van der Waals surface area contributed by atoms with E-state index in [1.807, 2.05) is 49.6 Å². The van der Waals surface area contributed by atoms with Crippen molar-refractivity contribution in [1.29, 1.82) is 0 Å². The van der Waals surface area contributed by atoms with Gasteiger partial charge in [0, 0.05) is 43.0 Å². The lowest BCUT2D eigenvalue weighted by molar-refractivity contribution is 0.0826. The summed E-state index contributed by atoms with van der Waals surface area (Å²) >= 11 is 0. The molecule has 0 aliphatic heterocycles. The predicted molar refractivity (Wildman–Crippen MR) is 132 cm³/mol. The summed E-state index contributed by atoms with van der Waals surface area (Å²) in [6, 6.07) is 15.5. The third kappa shape index (κ3) is 3.78. The molecule has 1 amide bonds. The Hall–Kier alpha value is -4.27. The molecule has 35 heavy (non-hydrogen) atoms. The summed E-state index contributed by atoms with van der Waals surface area (Å²) in [5, 5.41) is 8.22. The minimum Gasteiger partial charge on any atom is -0.355 e. The number of nitrogens with zero attached hydrogens (tertiary/aromatic N) is 5. The van der Waals surface area contributed by atoms with Gasteiger partial charge in [0.2, 0.25) is 0 Å². The van der Waals surface area contributed by atoms with Gasteiger partial charge in [0.05, 0.1) is 17.9 Å². The molecule has 0 unspecified atom stereocenters. The van der Waals surface area contributed by atoms with E-state index in [0.29, 0.717) is 36.3 Å². The van der Waals surface area contributed by atoms with Crippen LogP contribution in [0.15, 0.2) is 67.1 Å². The van der Waals surface area contributed by atoms with Gasteiger partial charge in [-0.05, 0) is 30.5 Å². The van der Waals surface area contributed by atoms with Gasteiger partial charge in [-0.15, -0.1) is 0 Å². The highest BCUT2D eigenvalue weighted by Crippen LogP contribution is 2.31. The highest BCUT2D eigenvalue weighted by molar-refractivity contribution is 6.01. The SMILES string of the molecule is CN(Cc1ccccc1)c1cc(-c2c[nH]c3ncccc23)nc2c(C(=O)N[C@H]3CC[C@@H]3F)cnn12. The number of amides is 1. The lowest BCUT2D eigenvalue weighted by Crippen LogP contribution is -2.48. The first-order chi connectivity index (χ1) is 17.1. The van der Waals surface area contributed by atoms with Crippen LogP contribution < -0.4 is 10.2 Å². The Bertz CT molecular complexity index is 1530. The number of carbonyl (C=O) groups excluding carboxylic acids is 1. The van der Waals surface area contributed by atoms with Gasteiger partial charge in [-0.25, -0.2) is 14.4 Å². The van der Waals surface area contributed by atoms with Crippen molar-refractivity contribution in [3.8, 4) is 11.3 Å². The number of pyridine rings is 1. The molecular weight excluding hydrogens is 445 g/mol. The summed E-state index contributed by atoms with van der Waals surface area (Å²) in [7, 11) is 1.98. The first-order valence-electron chi connectivity index (χ1n) is 11.6. The number of rotatable bonds is 6. The number of anilines is 1. The van der Waals surface area contributed by atoms with Crippen molar-refractivity contribution in [1.82, 2.24) is 29.9 Å². The molecule has 0 radical (unpaired) electrons. The summed E-state index contributed by atoms with van der Waals surface area (Å²) < 4.78 is 15.5. The van der Waals surface area contributed by atoms with Crippen molar-refractivity contribution < 1.29 is 9.18 Å².